The number of nitrogens with one attached hydrogen (secondary N) is 1. The highest BCUT2D eigenvalue weighted by Crippen LogP contribution is 2.22. The van der Waals surface area contributed by atoms with Gasteiger partial charge in [-0.2, -0.15) is 0 Å². The maximum atomic E-state index is 12.4. The molecule has 0 aliphatic rings. The summed E-state index contributed by atoms with van der Waals surface area (Å²) in [5.74, 6) is -0.167. The highest BCUT2D eigenvalue weighted by atomic mass is 32.1. The molecule has 2 heterocycles. The van der Waals surface area contributed by atoms with Gasteiger partial charge in [-0.15, -0.1) is 11.3 Å². The zero-order valence-corrected chi connectivity index (χ0v) is 17.8. The van der Waals surface area contributed by atoms with Crippen LogP contribution in [0.3, 0.4) is 0 Å². The average molecular weight is 450 g/mol. The van der Waals surface area contributed by atoms with Crippen molar-refractivity contribution in [3.8, 4) is 5.75 Å². The smallest absolute Gasteiger partial charge is 0.338 e. The van der Waals surface area contributed by atoms with Gasteiger partial charge < -0.3 is 19.2 Å². The number of anilines is 1. The molecule has 1 N–H and O–H groups in total. The van der Waals surface area contributed by atoms with E-state index < -0.39 is 11.6 Å². The lowest BCUT2D eigenvalue weighted by Crippen LogP contribution is -2.09. The van der Waals surface area contributed by atoms with Gasteiger partial charge in [-0.1, -0.05) is 0 Å². The van der Waals surface area contributed by atoms with E-state index in [0.29, 0.717) is 34.6 Å². The number of carbonyl (C=O) groups is 2. The molecule has 9 heteroatoms. The minimum absolute atomic E-state index is 0.109. The number of thiazole rings is 1. The summed E-state index contributed by atoms with van der Waals surface area (Å²) >= 11 is 1.49. The molecule has 0 radical (unpaired) electrons. The molecule has 4 rings (SSSR count). The van der Waals surface area contributed by atoms with E-state index in [1.54, 1.807) is 48.0 Å². The number of hydrogen-bond acceptors (Lipinski definition) is 8. The summed E-state index contributed by atoms with van der Waals surface area (Å²) in [5, 5.41) is 5.14. The fraction of sp³-hybridized carbons (Fsp3) is 0.130. The van der Waals surface area contributed by atoms with Crippen LogP contribution in [-0.4, -0.2) is 16.9 Å². The fourth-order valence-corrected chi connectivity index (χ4v) is 3.55. The lowest BCUT2D eigenvalue weighted by Gasteiger charge is -2.09. The Kier molecular flexibility index (Phi) is 6.27. The van der Waals surface area contributed by atoms with Gasteiger partial charge in [0, 0.05) is 41.1 Å². The Morgan fingerprint density at radius 3 is 2.62 bits per heavy atom. The maximum absolute atomic E-state index is 12.4. The van der Waals surface area contributed by atoms with Gasteiger partial charge in [0.15, 0.2) is 0 Å². The summed E-state index contributed by atoms with van der Waals surface area (Å²) in [5.41, 5.74) is 3.64. The lowest BCUT2D eigenvalue weighted by atomic mass is 10.1. The number of rotatable bonds is 7. The summed E-state index contributed by atoms with van der Waals surface area (Å²) in [7, 11) is 0. The Labute approximate surface area is 186 Å². The highest BCUT2D eigenvalue weighted by molar-refractivity contribution is 7.07. The van der Waals surface area contributed by atoms with E-state index in [0.717, 1.165) is 5.69 Å². The molecule has 4 aromatic rings. The van der Waals surface area contributed by atoms with Crippen LogP contribution in [0.4, 0.5) is 5.69 Å². The van der Waals surface area contributed by atoms with E-state index in [-0.39, 0.29) is 18.1 Å². The van der Waals surface area contributed by atoms with Crippen LogP contribution in [0.5, 0.6) is 5.75 Å². The predicted molar refractivity (Wildman–Crippen MR) is 119 cm³/mol. The standard InChI is InChI=1S/C23H18N2O6S/c1-14(26)25-17-4-7-20-16(8-22(27)31-21(20)9-17)10-30-23(28)15-2-5-19(6-3-15)29-11-18-12-32-13-24-18/h2-9,12-13H,10-11H2,1H3,(H,25,26). The number of esters is 1. The second-order valence-corrected chi connectivity index (χ2v) is 7.57. The predicted octanol–water partition coefficient (Wildman–Crippen LogP) is 4.14. The summed E-state index contributed by atoms with van der Waals surface area (Å²) in [4.78, 5) is 39.8. The minimum atomic E-state index is -0.579. The molecule has 0 fully saturated rings. The van der Waals surface area contributed by atoms with Gasteiger partial charge in [0.1, 0.15) is 24.5 Å². The van der Waals surface area contributed by atoms with Crippen LogP contribution >= 0.6 is 11.3 Å². The minimum Gasteiger partial charge on any atom is -0.487 e. The van der Waals surface area contributed by atoms with Gasteiger partial charge in [-0.25, -0.2) is 14.6 Å². The van der Waals surface area contributed by atoms with Crippen molar-refractivity contribution in [3.05, 3.63) is 86.7 Å². The normalized spacial score (nSPS) is 10.7. The molecule has 0 atom stereocenters. The summed E-state index contributed by atoms with van der Waals surface area (Å²) < 4.78 is 16.2. The van der Waals surface area contributed by atoms with Crippen molar-refractivity contribution in [1.29, 1.82) is 0 Å². The average Bonchev–Trinajstić information content (AvgIpc) is 3.29. The van der Waals surface area contributed by atoms with Crippen LogP contribution in [0.1, 0.15) is 28.5 Å². The quantitative estimate of drug-likeness (QED) is 0.333. The first-order valence-corrected chi connectivity index (χ1v) is 10.5. The van der Waals surface area contributed by atoms with Crippen LogP contribution in [-0.2, 0) is 22.7 Å². The van der Waals surface area contributed by atoms with E-state index in [2.05, 4.69) is 10.3 Å². The van der Waals surface area contributed by atoms with Crippen LogP contribution < -0.4 is 15.7 Å². The Bertz CT molecular complexity index is 1310. The maximum Gasteiger partial charge on any atom is 0.338 e. The van der Waals surface area contributed by atoms with Crippen molar-refractivity contribution in [3.63, 3.8) is 0 Å². The SMILES string of the molecule is CC(=O)Nc1ccc2c(COC(=O)c3ccc(OCc4cscn4)cc3)cc(=O)oc2c1. The van der Waals surface area contributed by atoms with Gasteiger partial charge in [0.25, 0.3) is 0 Å². The molecule has 0 spiro atoms. The number of fused-ring (bicyclic) bond motifs is 1. The molecule has 2 aromatic heterocycles. The highest BCUT2D eigenvalue weighted by Gasteiger charge is 2.12. The van der Waals surface area contributed by atoms with E-state index >= 15 is 0 Å². The second kappa shape index (κ2) is 9.44. The number of amides is 1. The monoisotopic (exact) mass is 450 g/mol. The van der Waals surface area contributed by atoms with Gasteiger partial charge in [0.2, 0.25) is 5.91 Å². The molecule has 32 heavy (non-hydrogen) atoms. The van der Waals surface area contributed by atoms with Crippen molar-refractivity contribution >= 4 is 39.9 Å². The largest absolute Gasteiger partial charge is 0.487 e. The third kappa shape index (κ3) is 5.19. The van der Waals surface area contributed by atoms with Crippen LogP contribution in [0.25, 0.3) is 11.0 Å². The summed E-state index contributed by atoms with van der Waals surface area (Å²) in [6, 6.07) is 12.8. The topological polar surface area (TPSA) is 108 Å². The Morgan fingerprint density at radius 2 is 1.91 bits per heavy atom. The fourth-order valence-electron chi connectivity index (χ4n) is 3.01. The Hall–Kier alpha value is -3.98. The number of aromatic nitrogens is 1. The van der Waals surface area contributed by atoms with Crippen molar-refractivity contribution in [2.45, 2.75) is 20.1 Å². The number of ether oxygens (including phenoxy) is 2. The molecule has 0 saturated carbocycles. The zero-order chi connectivity index (χ0) is 22.5. The molecule has 0 unspecified atom stereocenters. The van der Waals surface area contributed by atoms with E-state index in [4.69, 9.17) is 13.9 Å². The van der Waals surface area contributed by atoms with E-state index in [9.17, 15) is 14.4 Å². The van der Waals surface area contributed by atoms with Crippen LogP contribution in [0, 0.1) is 0 Å². The molecule has 8 nitrogen and oxygen atoms in total. The van der Waals surface area contributed by atoms with Gasteiger partial charge in [-0.05, 0) is 36.4 Å². The van der Waals surface area contributed by atoms with Crippen molar-refractivity contribution < 1.29 is 23.5 Å². The molecular weight excluding hydrogens is 432 g/mol. The molecule has 0 aliphatic carbocycles. The summed E-state index contributed by atoms with van der Waals surface area (Å²) in [6.07, 6.45) is 0. The van der Waals surface area contributed by atoms with Gasteiger partial charge >= 0.3 is 11.6 Å². The third-order valence-electron chi connectivity index (χ3n) is 4.47. The number of nitrogens with zero attached hydrogens (tertiary/aromatic N) is 1. The van der Waals surface area contributed by atoms with Crippen molar-refractivity contribution in [1.82, 2.24) is 4.98 Å². The van der Waals surface area contributed by atoms with Crippen molar-refractivity contribution in [2.24, 2.45) is 0 Å². The molecule has 2 aromatic carbocycles. The first-order chi connectivity index (χ1) is 15.5. The first-order valence-electron chi connectivity index (χ1n) is 9.59. The second-order valence-electron chi connectivity index (χ2n) is 6.85. The third-order valence-corrected chi connectivity index (χ3v) is 5.10. The molecule has 1 amide bonds. The van der Waals surface area contributed by atoms with Crippen LogP contribution in [0.15, 0.2) is 68.6 Å². The summed E-state index contributed by atoms with van der Waals surface area (Å²) in [6.45, 7) is 1.62. The van der Waals surface area contributed by atoms with Crippen molar-refractivity contribution in [2.75, 3.05) is 5.32 Å². The van der Waals surface area contributed by atoms with Crippen LogP contribution in [0.2, 0.25) is 0 Å². The molecule has 0 aliphatic heterocycles. The number of carbonyl (C=O) groups excluding carboxylic acids is 2. The van der Waals surface area contributed by atoms with E-state index in [1.165, 1.54) is 24.3 Å². The number of benzene rings is 2. The zero-order valence-electron chi connectivity index (χ0n) is 17.0. The molecule has 162 valence electrons. The molecular formula is C23H18N2O6S. The first kappa shape index (κ1) is 21.3. The van der Waals surface area contributed by atoms with Gasteiger partial charge in [-0.3, -0.25) is 4.79 Å². The molecule has 0 saturated heterocycles. The van der Waals surface area contributed by atoms with Gasteiger partial charge in [0.05, 0.1) is 16.8 Å². The lowest BCUT2D eigenvalue weighted by molar-refractivity contribution is -0.114. The Morgan fingerprint density at radius 1 is 1.09 bits per heavy atom. The van der Waals surface area contributed by atoms with E-state index in [1.807, 2.05) is 5.38 Å². The number of hydrogen-bond donors (Lipinski definition) is 1. The Balaban J connectivity index is 1.43. The molecule has 0 bridgehead atoms.